The van der Waals surface area contributed by atoms with Gasteiger partial charge in [0.1, 0.15) is 6.61 Å². The van der Waals surface area contributed by atoms with E-state index in [2.05, 4.69) is 5.32 Å². The molecular weight excluding hydrogens is 269 g/mol. The molecule has 4 heteroatoms. The van der Waals surface area contributed by atoms with Gasteiger partial charge in [0, 0.05) is 0 Å². The second-order valence-electron chi connectivity index (χ2n) is 6.24. The fourth-order valence-corrected chi connectivity index (χ4v) is 2.75. The fraction of sp³-hybridized carbons (Fsp3) is 0.647. The van der Waals surface area contributed by atoms with E-state index in [1.54, 1.807) is 6.07 Å². The minimum Gasteiger partial charge on any atom is -0.488 e. The quantitative estimate of drug-likeness (QED) is 0.847. The van der Waals surface area contributed by atoms with Crippen LogP contribution in [-0.2, 0) is 0 Å². The van der Waals surface area contributed by atoms with Crippen molar-refractivity contribution in [1.29, 1.82) is 0 Å². The molecule has 2 N–H and O–H groups in total. The monoisotopic (exact) mass is 295 g/mol. The maximum Gasteiger partial charge on any atom is 0.165 e. The number of aliphatic hydroxyl groups excluding tert-OH is 1. The number of halogens is 1. The number of ether oxygens (including phenoxy) is 1. The zero-order valence-electron chi connectivity index (χ0n) is 12.9. The molecule has 1 aromatic rings. The highest BCUT2D eigenvalue weighted by Crippen LogP contribution is 2.24. The topological polar surface area (TPSA) is 41.5 Å². The lowest BCUT2D eigenvalue weighted by Crippen LogP contribution is -2.31. The second-order valence-corrected chi connectivity index (χ2v) is 6.24. The van der Waals surface area contributed by atoms with Crippen molar-refractivity contribution in [1.82, 2.24) is 5.32 Å². The average molecular weight is 295 g/mol. The molecule has 1 aliphatic rings. The summed E-state index contributed by atoms with van der Waals surface area (Å²) in [5.41, 5.74) is 0.954. The second kappa shape index (κ2) is 7.76. The van der Waals surface area contributed by atoms with Gasteiger partial charge in [-0.05, 0) is 61.9 Å². The van der Waals surface area contributed by atoms with Crippen molar-refractivity contribution >= 4 is 0 Å². The lowest BCUT2D eigenvalue weighted by molar-refractivity contribution is 0.0778. The predicted octanol–water partition coefficient (Wildman–Crippen LogP) is 3.08. The lowest BCUT2D eigenvalue weighted by atomic mass is 9.92. The van der Waals surface area contributed by atoms with E-state index in [4.69, 9.17) is 4.74 Å². The van der Waals surface area contributed by atoms with Crippen LogP contribution in [-0.4, -0.2) is 30.9 Å². The van der Waals surface area contributed by atoms with Gasteiger partial charge in [0.2, 0.25) is 0 Å². The van der Waals surface area contributed by atoms with E-state index in [0.717, 1.165) is 37.9 Å². The molecule has 0 spiro atoms. The van der Waals surface area contributed by atoms with Crippen LogP contribution >= 0.6 is 0 Å². The first kappa shape index (κ1) is 16.2. The summed E-state index contributed by atoms with van der Waals surface area (Å²) in [7, 11) is 0. The minimum atomic E-state index is -0.530. The third kappa shape index (κ3) is 4.97. The van der Waals surface area contributed by atoms with Gasteiger partial charge in [-0.3, -0.25) is 0 Å². The van der Waals surface area contributed by atoms with Crippen LogP contribution in [0.25, 0.3) is 0 Å². The summed E-state index contributed by atoms with van der Waals surface area (Å²) in [4.78, 5) is 0. The Balaban J connectivity index is 1.81. The molecule has 1 heterocycles. The SMILES string of the molecule is CC(C)c1ccc(OCC(O)CC2CCNCC2)c(F)c1. The fourth-order valence-electron chi connectivity index (χ4n) is 2.75. The zero-order valence-corrected chi connectivity index (χ0v) is 12.9. The molecule has 1 saturated heterocycles. The van der Waals surface area contributed by atoms with E-state index in [1.807, 2.05) is 19.9 Å². The van der Waals surface area contributed by atoms with Gasteiger partial charge in [0.05, 0.1) is 6.10 Å². The smallest absolute Gasteiger partial charge is 0.165 e. The summed E-state index contributed by atoms with van der Waals surface area (Å²) in [5.74, 6) is 0.705. The predicted molar refractivity (Wildman–Crippen MR) is 82.2 cm³/mol. The summed E-state index contributed by atoms with van der Waals surface area (Å²) in [6.45, 7) is 6.24. The standard InChI is InChI=1S/C17H26FNO2/c1-12(2)14-3-4-17(16(18)10-14)21-11-15(20)9-13-5-7-19-8-6-13/h3-4,10,12-13,15,19-20H,5-9,11H2,1-2H3. The van der Waals surface area contributed by atoms with Gasteiger partial charge in [-0.1, -0.05) is 19.9 Å². The molecule has 0 aliphatic carbocycles. The molecule has 0 radical (unpaired) electrons. The molecule has 2 rings (SSSR count). The largest absolute Gasteiger partial charge is 0.488 e. The van der Waals surface area contributed by atoms with Gasteiger partial charge in [0.15, 0.2) is 11.6 Å². The normalized spacial score (nSPS) is 18.0. The zero-order chi connectivity index (χ0) is 15.2. The first-order valence-electron chi connectivity index (χ1n) is 7.87. The Labute approximate surface area is 126 Å². The molecule has 0 bridgehead atoms. The van der Waals surface area contributed by atoms with Crippen molar-refractivity contribution in [3.05, 3.63) is 29.6 Å². The van der Waals surface area contributed by atoms with Crippen LogP contribution in [0.1, 0.15) is 44.6 Å². The van der Waals surface area contributed by atoms with Crippen molar-refractivity contribution in [3.8, 4) is 5.75 Å². The Kier molecular flexibility index (Phi) is 6.00. The van der Waals surface area contributed by atoms with Gasteiger partial charge in [-0.15, -0.1) is 0 Å². The number of rotatable bonds is 6. The van der Waals surface area contributed by atoms with Crippen LogP contribution in [0.4, 0.5) is 4.39 Å². The van der Waals surface area contributed by atoms with E-state index in [1.165, 1.54) is 6.07 Å². The Morgan fingerprint density at radius 1 is 1.33 bits per heavy atom. The van der Waals surface area contributed by atoms with Gasteiger partial charge in [-0.2, -0.15) is 0 Å². The summed E-state index contributed by atoms with van der Waals surface area (Å²) in [5, 5.41) is 13.3. The van der Waals surface area contributed by atoms with Crippen LogP contribution in [0, 0.1) is 11.7 Å². The Bertz CT molecular complexity index is 444. The average Bonchev–Trinajstić information content (AvgIpc) is 2.47. The van der Waals surface area contributed by atoms with E-state index >= 15 is 0 Å². The van der Waals surface area contributed by atoms with Crippen LogP contribution in [0.3, 0.4) is 0 Å². The molecule has 0 amide bonds. The number of piperidine rings is 1. The first-order valence-corrected chi connectivity index (χ1v) is 7.87. The van der Waals surface area contributed by atoms with Crippen molar-refractivity contribution < 1.29 is 14.2 Å². The molecule has 1 atom stereocenters. The van der Waals surface area contributed by atoms with Gasteiger partial charge < -0.3 is 15.2 Å². The van der Waals surface area contributed by atoms with E-state index in [-0.39, 0.29) is 18.2 Å². The molecule has 118 valence electrons. The number of benzene rings is 1. The molecule has 0 saturated carbocycles. The van der Waals surface area contributed by atoms with E-state index in [0.29, 0.717) is 11.8 Å². The van der Waals surface area contributed by atoms with Gasteiger partial charge in [0.25, 0.3) is 0 Å². The van der Waals surface area contributed by atoms with Crippen LogP contribution in [0.5, 0.6) is 5.75 Å². The molecule has 0 aromatic heterocycles. The maximum absolute atomic E-state index is 13.9. The van der Waals surface area contributed by atoms with Crippen molar-refractivity contribution in [2.75, 3.05) is 19.7 Å². The van der Waals surface area contributed by atoms with Crippen LogP contribution in [0.2, 0.25) is 0 Å². The van der Waals surface area contributed by atoms with Crippen molar-refractivity contribution in [3.63, 3.8) is 0 Å². The van der Waals surface area contributed by atoms with Gasteiger partial charge in [-0.25, -0.2) is 4.39 Å². The summed E-state index contributed by atoms with van der Waals surface area (Å²) in [6.07, 6.45) is 2.38. The lowest BCUT2D eigenvalue weighted by Gasteiger charge is -2.24. The number of aliphatic hydroxyl groups is 1. The molecule has 21 heavy (non-hydrogen) atoms. The van der Waals surface area contributed by atoms with Crippen molar-refractivity contribution in [2.45, 2.75) is 45.1 Å². The third-order valence-electron chi connectivity index (χ3n) is 4.12. The van der Waals surface area contributed by atoms with Crippen LogP contribution < -0.4 is 10.1 Å². The van der Waals surface area contributed by atoms with E-state index in [9.17, 15) is 9.50 Å². The molecule has 1 unspecified atom stereocenters. The number of hydrogen-bond donors (Lipinski definition) is 2. The highest BCUT2D eigenvalue weighted by molar-refractivity contribution is 5.30. The molecular formula is C17H26FNO2. The van der Waals surface area contributed by atoms with Crippen molar-refractivity contribution in [2.24, 2.45) is 5.92 Å². The summed E-state index contributed by atoms with van der Waals surface area (Å²) >= 11 is 0. The first-order chi connectivity index (χ1) is 10.1. The molecule has 3 nitrogen and oxygen atoms in total. The minimum absolute atomic E-state index is 0.155. The Hall–Kier alpha value is -1.13. The third-order valence-corrected chi connectivity index (χ3v) is 4.12. The summed E-state index contributed by atoms with van der Waals surface area (Å²) < 4.78 is 19.3. The highest BCUT2D eigenvalue weighted by atomic mass is 19.1. The molecule has 1 fully saturated rings. The summed E-state index contributed by atoms with van der Waals surface area (Å²) in [6, 6.07) is 5.05. The number of hydrogen-bond acceptors (Lipinski definition) is 3. The van der Waals surface area contributed by atoms with Crippen LogP contribution in [0.15, 0.2) is 18.2 Å². The Morgan fingerprint density at radius 3 is 2.67 bits per heavy atom. The van der Waals surface area contributed by atoms with Gasteiger partial charge >= 0.3 is 0 Å². The highest BCUT2D eigenvalue weighted by Gasteiger charge is 2.18. The Morgan fingerprint density at radius 2 is 2.05 bits per heavy atom. The van der Waals surface area contributed by atoms with E-state index < -0.39 is 6.10 Å². The molecule has 1 aliphatic heterocycles. The molecule has 1 aromatic carbocycles. The maximum atomic E-state index is 13.9. The number of nitrogens with one attached hydrogen (secondary N) is 1.